The predicted octanol–water partition coefficient (Wildman–Crippen LogP) is 2.54. The number of carbonyl (C=O) groups excluding carboxylic acids is 1. The highest BCUT2D eigenvalue weighted by Crippen LogP contribution is 2.27. The van der Waals surface area contributed by atoms with E-state index in [1.54, 1.807) is 5.38 Å². The molecule has 0 radical (unpaired) electrons. The lowest BCUT2D eigenvalue weighted by Gasteiger charge is -2.17. The van der Waals surface area contributed by atoms with Crippen molar-refractivity contribution in [3.8, 4) is 11.3 Å². The number of hydrogen-bond acceptors (Lipinski definition) is 7. The lowest BCUT2D eigenvalue weighted by molar-refractivity contribution is 0.201. The number of thiazole rings is 1. The third-order valence-electron chi connectivity index (χ3n) is 3.72. The van der Waals surface area contributed by atoms with Gasteiger partial charge in [0.25, 0.3) is 15.0 Å². The Labute approximate surface area is 155 Å². The Hall–Kier alpha value is -2.59. The molecule has 2 aromatic heterocycles. The maximum Gasteiger partial charge on any atom is 0.346 e. The maximum absolute atomic E-state index is 12.7. The first-order valence-corrected chi connectivity index (χ1v) is 10.3. The Morgan fingerprint density at radius 1 is 1.19 bits per heavy atom. The molecule has 0 atom stereocenters. The van der Waals surface area contributed by atoms with Gasteiger partial charge in [0.05, 0.1) is 5.69 Å². The fraction of sp³-hybridized carbons (Fsp3) is 0.250. The van der Waals surface area contributed by atoms with E-state index in [4.69, 9.17) is 0 Å². The van der Waals surface area contributed by atoms with Crippen LogP contribution in [0.2, 0.25) is 0 Å². The monoisotopic (exact) mass is 391 g/mol. The SMILES string of the molecule is CCN(CC)C(=O)n1cnc(S(=O)(=O)c2nc(-c3ccccc3)cs2)n1. The lowest BCUT2D eigenvalue weighted by Crippen LogP contribution is -2.34. The molecule has 0 fully saturated rings. The number of benzene rings is 1. The minimum Gasteiger partial charge on any atom is -0.323 e. The van der Waals surface area contributed by atoms with E-state index in [1.165, 1.54) is 4.90 Å². The minimum atomic E-state index is -3.98. The first kappa shape index (κ1) is 18.2. The Morgan fingerprint density at radius 3 is 2.54 bits per heavy atom. The molecule has 26 heavy (non-hydrogen) atoms. The van der Waals surface area contributed by atoms with E-state index in [0.717, 1.165) is 27.9 Å². The third-order valence-corrected chi connectivity index (χ3v) is 6.52. The van der Waals surface area contributed by atoms with Gasteiger partial charge in [-0.2, -0.15) is 4.68 Å². The van der Waals surface area contributed by atoms with Crippen molar-refractivity contribution in [3.63, 3.8) is 0 Å². The lowest BCUT2D eigenvalue weighted by atomic mass is 10.2. The molecule has 136 valence electrons. The second-order valence-corrected chi connectivity index (χ2v) is 8.17. The largest absolute Gasteiger partial charge is 0.346 e. The van der Waals surface area contributed by atoms with Gasteiger partial charge in [-0.05, 0) is 13.8 Å². The number of carbonyl (C=O) groups is 1. The molecule has 1 amide bonds. The molecule has 0 saturated heterocycles. The zero-order chi connectivity index (χ0) is 18.7. The molecule has 0 aliphatic heterocycles. The van der Waals surface area contributed by atoms with Crippen molar-refractivity contribution in [2.75, 3.05) is 13.1 Å². The quantitative estimate of drug-likeness (QED) is 0.663. The Balaban J connectivity index is 1.90. The van der Waals surface area contributed by atoms with Gasteiger partial charge in [0.15, 0.2) is 0 Å². The molecule has 0 unspecified atom stereocenters. The molecule has 8 nitrogen and oxygen atoms in total. The molecule has 3 aromatic rings. The highest BCUT2D eigenvalue weighted by Gasteiger charge is 2.28. The molecule has 0 bridgehead atoms. The zero-order valence-corrected chi connectivity index (χ0v) is 15.9. The second kappa shape index (κ2) is 7.34. The number of sulfone groups is 1. The summed E-state index contributed by atoms with van der Waals surface area (Å²) < 4.78 is 26.2. The molecular weight excluding hydrogens is 374 g/mol. The Kier molecular flexibility index (Phi) is 5.14. The molecule has 0 aliphatic rings. The van der Waals surface area contributed by atoms with Gasteiger partial charge in [-0.15, -0.1) is 16.4 Å². The maximum atomic E-state index is 12.7. The summed E-state index contributed by atoms with van der Waals surface area (Å²) in [4.78, 5) is 21.8. The summed E-state index contributed by atoms with van der Waals surface area (Å²) >= 11 is 0.995. The van der Waals surface area contributed by atoms with E-state index in [2.05, 4.69) is 15.1 Å². The highest BCUT2D eigenvalue weighted by molar-refractivity contribution is 7.93. The van der Waals surface area contributed by atoms with E-state index >= 15 is 0 Å². The van der Waals surface area contributed by atoms with Crippen LogP contribution in [0.25, 0.3) is 11.3 Å². The van der Waals surface area contributed by atoms with E-state index in [-0.39, 0.29) is 4.34 Å². The van der Waals surface area contributed by atoms with Crippen LogP contribution in [0.5, 0.6) is 0 Å². The van der Waals surface area contributed by atoms with Crippen molar-refractivity contribution >= 4 is 27.2 Å². The normalized spacial score (nSPS) is 11.5. The van der Waals surface area contributed by atoms with Crippen molar-refractivity contribution in [3.05, 3.63) is 42.0 Å². The number of rotatable bonds is 5. The van der Waals surface area contributed by atoms with Crippen molar-refractivity contribution < 1.29 is 13.2 Å². The Morgan fingerprint density at radius 2 is 1.88 bits per heavy atom. The summed E-state index contributed by atoms with van der Waals surface area (Å²) in [5.74, 6) is 0. The van der Waals surface area contributed by atoms with Crippen LogP contribution in [0.3, 0.4) is 0 Å². The molecule has 0 saturated carbocycles. The van der Waals surface area contributed by atoms with Gasteiger partial charge in [0, 0.05) is 24.0 Å². The first-order valence-electron chi connectivity index (χ1n) is 7.94. The van der Waals surface area contributed by atoms with E-state index < -0.39 is 21.0 Å². The molecule has 0 N–H and O–H groups in total. The van der Waals surface area contributed by atoms with Crippen LogP contribution in [0.15, 0.2) is 51.5 Å². The van der Waals surface area contributed by atoms with Crippen molar-refractivity contribution in [2.24, 2.45) is 0 Å². The molecule has 0 spiro atoms. The van der Waals surface area contributed by atoms with Crippen LogP contribution < -0.4 is 0 Å². The highest BCUT2D eigenvalue weighted by atomic mass is 32.2. The summed E-state index contributed by atoms with van der Waals surface area (Å²) in [6.45, 7) is 4.64. The van der Waals surface area contributed by atoms with Crippen molar-refractivity contribution in [1.29, 1.82) is 0 Å². The number of hydrogen-bond donors (Lipinski definition) is 0. The second-order valence-electron chi connectivity index (χ2n) is 5.29. The standard InChI is InChI=1S/C16H17N5O3S2/c1-3-20(4-2)16(22)21-11-17-14(19-21)26(23,24)15-18-13(10-25-15)12-8-6-5-7-9-12/h5-11H,3-4H2,1-2H3. The van der Waals surface area contributed by atoms with Gasteiger partial charge in [-0.1, -0.05) is 30.3 Å². The molecule has 2 heterocycles. The summed E-state index contributed by atoms with van der Waals surface area (Å²) in [6, 6.07) is 8.85. The van der Waals surface area contributed by atoms with E-state index in [1.807, 2.05) is 44.2 Å². The third kappa shape index (κ3) is 3.37. The van der Waals surface area contributed by atoms with Crippen LogP contribution in [-0.4, -0.2) is 52.2 Å². The molecule has 10 heteroatoms. The Bertz CT molecular complexity index is 1010. The minimum absolute atomic E-state index is 0.107. The van der Waals surface area contributed by atoms with Crippen LogP contribution in [-0.2, 0) is 9.84 Å². The zero-order valence-electron chi connectivity index (χ0n) is 14.2. The fourth-order valence-corrected chi connectivity index (χ4v) is 4.49. The summed E-state index contributed by atoms with van der Waals surface area (Å²) in [7, 11) is -3.98. The van der Waals surface area contributed by atoms with E-state index in [0.29, 0.717) is 18.8 Å². The smallest absolute Gasteiger partial charge is 0.323 e. The number of amides is 1. The average molecular weight is 391 g/mol. The van der Waals surface area contributed by atoms with Crippen molar-refractivity contribution in [2.45, 2.75) is 23.3 Å². The van der Waals surface area contributed by atoms with Crippen LogP contribution in [0, 0.1) is 0 Å². The average Bonchev–Trinajstić information content (AvgIpc) is 3.34. The first-order chi connectivity index (χ1) is 12.5. The molecule has 0 aliphatic carbocycles. The summed E-state index contributed by atoms with van der Waals surface area (Å²) in [5.41, 5.74) is 1.38. The number of nitrogens with zero attached hydrogens (tertiary/aromatic N) is 5. The summed E-state index contributed by atoms with van der Waals surface area (Å²) in [6.07, 6.45) is 1.11. The van der Waals surface area contributed by atoms with E-state index in [9.17, 15) is 13.2 Å². The molecule has 3 rings (SSSR count). The molecular formula is C16H17N5O3S2. The van der Waals surface area contributed by atoms with Crippen LogP contribution in [0.4, 0.5) is 4.79 Å². The predicted molar refractivity (Wildman–Crippen MR) is 96.7 cm³/mol. The molecule has 1 aromatic carbocycles. The van der Waals surface area contributed by atoms with Gasteiger partial charge in [-0.25, -0.2) is 23.2 Å². The number of aromatic nitrogens is 4. The van der Waals surface area contributed by atoms with Gasteiger partial charge >= 0.3 is 6.03 Å². The van der Waals surface area contributed by atoms with Crippen LogP contribution in [0.1, 0.15) is 13.8 Å². The van der Waals surface area contributed by atoms with Gasteiger partial charge in [0.1, 0.15) is 6.33 Å². The van der Waals surface area contributed by atoms with Gasteiger partial charge < -0.3 is 4.90 Å². The van der Waals surface area contributed by atoms with Crippen molar-refractivity contribution in [1.82, 2.24) is 24.6 Å². The van der Waals surface area contributed by atoms with Crippen LogP contribution >= 0.6 is 11.3 Å². The fourth-order valence-electron chi connectivity index (χ4n) is 2.30. The van der Waals surface area contributed by atoms with Gasteiger partial charge in [0.2, 0.25) is 4.34 Å². The topological polar surface area (TPSA) is 98.1 Å². The van der Waals surface area contributed by atoms with Gasteiger partial charge in [-0.3, -0.25) is 0 Å². The summed E-state index contributed by atoms with van der Waals surface area (Å²) in [5, 5.41) is 5.08.